The summed E-state index contributed by atoms with van der Waals surface area (Å²) >= 11 is 0. The third-order valence-electron chi connectivity index (χ3n) is 4.73. The molecule has 2 unspecified atom stereocenters. The second kappa shape index (κ2) is 5.58. The molecule has 2 atom stereocenters. The minimum atomic E-state index is -1.51. The standard InChI is InChI=1S/C20H18N2O3/c21-13-5-7-16-18(9-13)25-19-10-14(22)6-8-17(19)20(16,24)15-4-2-1-3-12(15)11-23/h1-9,11,14,24H,10,21-22H2. The number of aldehydes is 1. The molecule has 1 aliphatic carbocycles. The van der Waals surface area contributed by atoms with Crippen molar-refractivity contribution >= 4 is 12.0 Å². The summed E-state index contributed by atoms with van der Waals surface area (Å²) in [5.41, 5.74) is 13.0. The zero-order chi connectivity index (χ0) is 17.6. The first-order valence-electron chi connectivity index (χ1n) is 8.06. The van der Waals surface area contributed by atoms with Gasteiger partial charge in [0.05, 0.1) is 0 Å². The summed E-state index contributed by atoms with van der Waals surface area (Å²) in [5.74, 6) is 1.07. The van der Waals surface area contributed by atoms with Gasteiger partial charge in [-0.2, -0.15) is 0 Å². The van der Waals surface area contributed by atoms with Crippen LogP contribution in [-0.2, 0) is 5.60 Å². The number of anilines is 1. The molecule has 0 spiro atoms. The van der Waals surface area contributed by atoms with Gasteiger partial charge in [0, 0.05) is 46.5 Å². The third-order valence-corrected chi connectivity index (χ3v) is 4.73. The highest BCUT2D eigenvalue weighted by Gasteiger charge is 2.45. The van der Waals surface area contributed by atoms with Crippen molar-refractivity contribution in [1.29, 1.82) is 0 Å². The maximum absolute atomic E-state index is 11.8. The van der Waals surface area contributed by atoms with E-state index in [1.807, 2.05) is 6.08 Å². The van der Waals surface area contributed by atoms with Crippen LogP contribution in [0.2, 0.25) is 0 Å². The van der Waals surface area contributed by atoms with Crippen molar-refractivity contribution in [2.75, 3.05) is 5.73 Å². The molecule has 126 valence electrons. The van der Waals surface area contributed by atoms with E-state index in [4.69, 9.17) is 16.2 Å². The monoisotopic (exact) mass is 334 g/mol. The van der Waals surface area contributed by atoms with Crippen LogP contribution in [0.5, 0.6) is 5.75 Å². The zero-order valence-electron chi connectivity index (χ0n) is 13.5. The maximum atomic E-state index is 11.8. The Morgan fingerprint density at radius 3 is 2.80 bits per heavy atom. The van der Waals surface area contributed by atoms with E-state index in [1.54, 1.807) is 48.5 Å². The summed E-state index contributed by atoms with van der Waals surface area (Å²) in [6.07, 6.45) is 4.83. The van der Waals surface area contributed by atoms with Crippen LogP contribution in [0.25, 0.3) is 0 Å². The van der Waals surface area contributed by atoms with E-state index in [9.17, 15) is 9.90 Å². The molecule has 0 aromatic heterocycles. The Hall–Kier alpha value is -2.89. The molecule has 1 heterocycles. The Morgan fingerprint density at radius 1 is 1.20 bits per heavy atom. The van der Waals surface area contributed by atoms with Gasteiger partial charge >= 0.3 is 0 Å². The number of ether oxygens (including phenoxy) is 1. The highest BCUT2D eigenvalue weighted by atomic mass is 16.5. The number of fused-ring (bicyclic) bond motifs is 1. The van der Waals surface area contributed by atoms with E-state index in [-0.39, 0.29) is 6.04 Å². The SMILES string of the molecule is Nc1ccc2c(c1)OC1=C(C=CC(N)C1)C2(O)c1ccccc1C=O. The molecule has 5 N–H and O–H groups in total. The second-order valence-corrected chi connectivity index (χ2v) is 6.34. The van der Waals surface area contributed by atoms with Crippen LogP contribution in [0.4, 0.5) is 5.69 Å². The summed E-state index contributed by atoms with van der Waals surface area (Å²) in [6.45, 7) is 0. The number of carbonyl (C=O) groups excluding carboxylic acids is 1. The molecule has 1 aliphatic heterocycles. The number of nitrogen functional groups attached to an aromatic ring is 1. The van der Waals surface area contributed by atoms with Gasteiger partial charge in [0.25, 0.3) is 0 Å². The molecule has 0 radical (unpaired) electrons. The Morgan fingerprint density at radius 2 is 2.00 bits per heavy atom. The van der Waals surface area contributed by atoms with E-state index >= 15 is 0 Å². The lowest BCUT2D eigenvalue weighted by molar-refractivity contribution is 0.101. The van der Waals surface area contributed by atoms with Gasteiger partial charge in [-0.05, 0) is 12.1 Å². The van der Waals surface area contributed by atoms with Gasteiger partial charge in [-0.15, -0.1) is 0 Å². The minimum Gasteiger partial charge on any atom is -0.461 e. The molecular weight excluding hydrogens is 316 g/mol. The van der Waals surface area contributed by atoms with Gasteiger partial charge in [0.2, 0.25) is 0 Å². The van der Waals surface area contributed by atoms with E-state index < -0.39 is 5.60 Å². The molecule has 5 heteroatoms. The largest absolute Gasteiger partial charge is 0.461 e. The maximum Gasteiger partial charge on any atom is 0.150 e. The van der Waals surface area contributed by atoms with Crippen LogP contribution in [0.1, 0.15) is 27.9 Å². The third kappa shape index (κ3) is 2.28. The second-order valence-electron chi connectivity index (χ2n) is 6.34. The van der Waals surface area contributed by atoms with Crippen LogP contribution < -0.4 is 16.2 Å². The Labute approximate surface area is 145 Å². The summed E-state index contributed by atoms with van der Waals surface area (Å²) in [7, 11) is 0. The molecule has 0 bridgehead atoms. The zero-order valence-corrected chi connectivity index (χ0v) is 13.5. The van der Waals surface area contributed by atoms with Gasteiger partial charge in [-0.25, -0.2) is 0 Å². The van der Waals surface area contributed by atoms with Crippen LogP contribution in [-0.4, -0.2) is 17.4 Å². The van der Waals surface area contributed by atoms with Crippen molar-refractivity contribution in [1.82, 2.24) is 0 Å². The van der Waals surface area contributed by atoms with E-state index in [0.717, 1.165) is 6.29 Å². The van der Waals surface area contributed by atoms with Gasteiger partial charge in [0.15, 0.2) is 0 Å². The van der Waals surface area contributed by atoms with Crippen molar-refractivity contribution in [3.05, 3.63) is 82.6 Å². The van der Waals surface area contributed by atoms with Crippen LogP contribution in [0, 0.1) is 0 Å². The molecule has 25 heavy (non-hydrogen) atoms. The molecule has 4 rings (SSSR count). The van der Waals surface area contributed by atoms with E-state index in [0.29, 0.717) is 45.9 Å². The Kier molecular flexibility index (Phi) is 3.49. The first-order valence-corrected chi connectivity index (χ1v) is 8.06. The van der Waals surface area contributed by atoms with Crippen molar-refractivity contribution in [2.45, 2.75) is 18.1 Å². The normalized spacial score (nSPS) is 24.3. The van der Waals surface area contributed by atoms with Crippen molar-refractivity contribution in [3.8, 4) is 5.75 Å². The highest BCUT2D eigenvalue weighted by molar-refractivity contribution is 5.80. The lowest BCUT2D eigenvalue weighted by Crippen LogP contribution is -2.38. The predicted octanol–water partition coefficient (Wildman–Crippen LogP) is 2.25. The quantitative estimate of drug-likeness (QED) is 0.578. The Balaban J connectivity index is 2.04. The average molecular weight is 334 g/mol. The topological polar surface area (TPSA) is 98.6 Å². The first kappa shape index (κ1) is 15.6. The lowest BCUT2D eigenvalue weighted by Gasteiger charge is -2.39. The lowest BCUT2D eigenvalue weighted by atomic mass is 9.74. The molecule has 0 amide bonds. The molecule has 0 saturated heterocycles. The highest BCUT2D eigenvalue weighted by Crippen LogP contribution is 2.49. The predicted molar refractivity (Wildman–Crippen MR) is 95.1 cm³/mol. The van der Waals surface area contributed by atoms with Gasteiger partial charge in [-0.3, -0.25) is 4.79 Å². The number of carbonyl (C=O) groups is 1. The number of aliphatic hydroxyl groups is 1. The van der Waals surface area contributed by atoms with Gasteiger partial charge < -0.3 is 21.3 Å². The van der Waals surface area contributed by atoms with Gasteiger partial charge in [0.1, 0.15) is 23.4 Å². The molecule has 2 aromatic carbocycles. The van der Waals surface area contributed by atoms with Gasteiger partial charge in [-0.1, -0.05) is 36.4 Å². The van der Waals surface area contributed by atoms with Crippen LogP contribution >= 0.6 is 0 Å². The fourth-order valence-electron chi connectivity index (χ4n) is 3.54. The summed E-state index contributed by atoms with van der Waals surface area (Å²) in [4.78, 5) is 11.6. The number of rotatable bonds is 2. The fourth-order valence-corrected chi connectivity index (χ4v) is 3.54. The summed E-state index contributed by atoms with van der Waals surface area (Å²) in [5, 5.41) is 11.8. The van der Waals surface area contributed by atoms with Crippen LogP contribution in [0.15, 0.2) is 65.9 Å². The molecular formula is C20H18N2O3. The summed E-state index contributed by atoms with van der Waals surface area (Å²) < 4.78 is 6.00. The molecule has 0 fully saturated rings. The van der Waals surface area contributed by atoms with Crippen molar-refractivity contribution < 1.29 is 14.6 Å². The van der Waals surface area contributed by atoms with Crippen LogP contribution in [0.3, 0.4) is 0 Å². The number of hydrogen-bond acceptors (Lipinski definition) is 5. The van der Waals surface area contributed by atoms with E-state index in [2.05, 4.69) is 0 Å². The first-order chi connectivity index (χ1) is 12.0. The van der Waals surface area contributed by atoms with E-state index in [1.165, 1.54) is 0 Å². The number of benzene rings is 2. The minimum absolute atomic E-state index is 0.188. The average Bonchev–Trinajstić information content (AvgIpc) is 2.61. The fraction of sp³-hybridized carbons (Fsp3) is 0.150. The Bertz CT molecular complexity index is 932. The summed E-state index contributed by atoms with van der Waals surface area (Å²) in [6, 6.07) is 11.9. The smallest absolute Gasteiger partial charge is 0.150 e. The molecule has 0 saturated carbocycles. The molecule has 2 aromatic rings. The molecule has 5 nitrogen and oxygen atoms in total. The number of hydrogen-bond donors (Lipinski definition) is 3. The molecule has 2 aliphatic rings. The number of nitrogens with two attached hydrogens (primary N) is 2. The van der Waals surface area contributed by atoms with Crippen molar-refractivity contribution in [3.63, 3.8) is 0 Å². The van der Waals surface area contributed by atoms with Crippen molar-refractivity contribution in [2.24, 2.45) is 5.73 Å².